The van der Waals surface area contributed by atoms with Crippen molar-refractivity contribution >= 4 is 58.0 Å². The van der Waals surface area contributed by atoms with Gasteiger partial charge in [0.2, 0.25) is 0 Å². The molecule has 0 heterocycles. The molecule has 0 fully saturated rings. The zero-order valence-electron chi connectivity index (χ0n) is 5.47. The van der Waals surface area contributed by atoms with Gasteiger partial charge >= 0.3 is 37.7 Å². The quantitative estimate of drug-likeness (QED) is 0.413. The summed E-state index contributed by atoms with van der Waals surface area (Å²) in [5.74, 6) is -1.32. The van der Waals surface area contributed by atoms with E-state index in [1.165, 1.54) is 0 Å². The summed E-state index contributed by atoms with van der Waals surface area (Å²) in [7, 11) is -8.24. The normalized spacial score (nSPS) is 11.2. The molecule has 13 heavy (non-hydrogen) atoms. The summed E-state index contributed by atoms with van der Waals surface area (Å²) in [4.78, 5) is 0. The van der Waals surface area contributed by atoms with Crippen LogP contribution >= 0.6 is 0 Å². The zero-order valence-corrected chi connectivity index (χ0v) is 7.10. The zero-order chi connectivity index (χ0) is 9.12. The molecule has 6 nitrogen and oxygen atoms in total. The third kappa shape index (κ3) is 19.4. The molecule has 0 rings (SSSR count). The molecule has 0 bridgehead atoms. The fraction of sp³-hybridized carbons (Fsp3) is 1.00. The maximum absolute atomic E-state index is 10.00. The number of rotatable bonds is 4. The standard InChI is InChI=1S/C3H8O6S2.2Li.2H/c4-10(5,6)2-1-3-11(7,8)9;;;;/h1-3H2,(H,4,5,6)(H,7,8,9);;;;. The van der Waals surface area contributed by atoms with Gasteiger partial charge < -0.3 is 0 Å². The van der Waals surface area contributed by atoms with Crippen LogP contribution in [0.25, 0.3) is 0 Å². The summed E-state index contributed by atoms with van der Waals surface area (Å²) in [6, 6.07) is 0. The van der Waals surface area contributed by atoms with Gasteiger partial charge in [-0.1, -0.05) is 0 Å². The average molecular weight is 220 g/mol. The predicted octanol–water partition coefficient (Wildman–Crippen LogP) is -2.14. The van der Waals surface area contributed by atoms with Gasteiger partial charge in [-0.3, -0.25) is 9.11 Å². The van der Waals surface area contributed by atoms with Crippen molar-refractivity contribution in [2.24, 2.45) is 0 Å². The van der Waals surface area contributed by atoms with E-state index in [9.17, 15) is 16.8 Å². The fourth-order valence-electron chi connectivity index (χ4n) is 0.424. The summed E-state index contributed by atoms with van der Waals surface area (Å²) in [6.45, 7) is 0. The second-order valence-electron chi connectivity index (χ2n) is 1.93. The summed E-state index contributed by atoms with van der Waals surface area (Å²) >= 11 is 0. The van der Waals surface area contributed by atoms with Crippen LogP contribution in [0.1, 0.15) is 6.42 Å². The molecule has 0 aromatic rings. The van der Waals surface area contributed by atoms with Crippen molar-refractivity contribution in [3.8, 4) is 0 Å². The molecule has 0 aliphatic rings. The van der Waals surface area contributed by atoms with Crippen molar-refractivity contribution in [3.63, 3.8) is 0 Å². The molecule has 72 valence electrons. The predicted molar refractivity (Wildman–Crippen MR) is 51.7 cm³/mol. The molecule has 0 saturated heterocycles. The first-order chi connectivity index (χ1) is 4.71. The van der Waals surface area contributed by atoms with Crippen molar-refractivity contribution in [3.05, 3.63) is 0 Å². The van der Waals surface area contributed by atoms with E-state index in [0.29, 0.717) is 0 Å². The van der Waals surface area contributed by atoms with E-state index in [1.807, 2.05) is 0 Å². The van der Waals surface area contributed by atoms with Crippen LogP contribution in [-0.4, -0.2) is 75.2 Å². The first-order valence-electron chi connectivity index (χ1n) is 2.61. The summed E-state index contributed by atoms with van der Waals surface area (Å²) in [5.41, 5.74) is 0. The van der Waals surface area contributed by atoms with Gasteiger partial charge in [0.05, 0.1) is 11.5 Å². The molecular formula is C3H10Li2O6S2. The second kappa shape index (κ2) is 7.33. The van der Waals surface area contributed by atoms with Crippen LogP contribution < -0.4 is 0 Å². The van der Waals surface area contributed by atoms with Crippen LogP contribution in [-0.2, 0) is 20.2 Å². The molecule has 0 aromatic heterocycles. The SMILES string of the molecule is O=S(=O)(O)CCCS(=O)(=O)O.[LiH].[LiH]. The fourth-order valence-corrected chi connectivity index (χ4v) is 1.62. The number of hydrogen-bond acceptors (Lipinski definition) is 4. The Kier molecular flexibility index (Phi) is 11.0. The Morgan fingerprint density at radius 2 is 1.00 bits per heavy atom. The van der Waals surface area contributed by atoms with E-state index in [-0.39, 0.29) is 44.1 Å². The average Bonchev–Trinajstić information content (AvgIpc) is 1.55. The van der Waals surface area contributed by atoms with Crippen LogP contribution in [0.4, 0.5) is 0 Å². The van der Waals surface area contributed by atoms with Crippen LogP contribution in [0.15, 0.2) is 0 Å². The van der Waals surface area contributed by atoms with Gasteiger partial charge in [0.25, 0.3) is 20.2 Å². The minimum absolute atomic E-state index is 0. The van der Waals surface area contributed by atoms with Gasteiger partial charge in [-0.2, -0.15) is 16.8 Å². The van der Waals surface area contributed by atoms with Crippen molar-refractivity contribution in [2.45, 2.75) is 6.42 Å². The molecule has 0 aliphatic carbocycles. The van der Waals surface area contributed by atoms with E-state index in [0.717, 1.165) is 0 Å². The Labute approximate surface area is 101 Å². The van der Waals surface area contributed by atoms with Crippen LogP contribution in [0.5, 0.6) is 0 Å². The van der Waals surface area contributed by atoms with Crippen molar-refractivity contribution < 1.29 is 25.9 Å². The molecular weight excluding hydrogens is 210 g/mol. The Bertz CT molecular complexity index is 273. The Morgan fingerprint density at radius 1 is 0.769 bits per heavy atom. The topological polar surface area (TPSA) is 109 Å². The Morgan fingerprint density at radius 3 is 1.15 bits per heavy atom. The summed E-state index contributed by atoms with van der Waals surface area (Å²) < 4.78 is 56.2. The van der Waals surface area contributed by atoms with Crippen LogP contribution in [0, 0.1) is 0 Å². The van der Waals surface area contributed by atoms with E-state index < -0.39 is 31.7 Å². The van der Waals surface area contributed by atoms with Gasteiger partial charge in [0.15, 0.2) is 0 Å². The van der Waals surface area contributed by atoms with E-state index >= 15 is 0 Å². The summed E-state index contributed by atoms with van der Waals surface area (Å²) in [6.07, 6.45) is -0.308. The van der Waals surface area contributed by atoms with Crippen molar-refractivity contribution in [1.29, 1.82) is 0 Å². The molecule has 0 aliphatic heterocycles. The molecule has 0 unspecified atom stereocenters. The van der Waals surface area contributed by atoms with E-state index in [4.69, 9.17) is 9.11 Å². The molecule has 10 heteroatoms. The van der Waals surface area contributed by atoms with Gasteiger partial charge in [-0.25, -0.2) is 0 Å². The van der Waals surface area contributed by atoms with Gasteiger partial charge in [0.1, 0.15) is 0 Å². The molecule has 0 spiro atoms. The summed E-state index contributed by atoms with van der Waals surface area (Å²) in [5, 5.41) is 0. The Hall–Kier alpha value is 1.01. The Balaban J connectivity index is -0.000000500. The van der Waals surface area contributed by atoms with Gasteiger partial charge in [0, 0.05) is 0 Å². The minimum atomic E-state index is -4.12. The molecule has 0 saturated carbocycles. The van der Waals surface area contributed by atoms with E-state index in [2.05, 4.69) is 0 Å². The second-order valence-corrected chi connectivity index (χ2v) is 5.07. The van der Waals surface area contributed by atoms with Crippen LogP contribution in [0.3, 0.4) is 0 Å². The maximum atomic E-state index is 10.00. The third-order valence-corrected chi connectivity index (χ3v) is 2.41. The third-order valence-electron chi connectivity index (χ3n) is 0.805. The molecule has 2 N–H and O–H groups in total. The first kappa shape index (κ1) is 19.6. The van der Waals surface area contributed by atoms with Crippen LogP contribution in [0.2, 0.25) is 0 Å². The van der Waals surface area contributed by atoms with E-state index in [1.54, 1.807) is 0 Å². The first-order valence-corrected chi connectivity index (χ1v) is 5.83. The van der Waals surface area contributed by atoms with Gasteiger partial charge in [-0.05, 0) is 6.42 Å². The monoisotopic (exact) mass is 220 g/mol. The molecule has 0 radical (unpaired) electrons. The molecule has 0 atom stereocenters. The van der Waals surface area contributed by atoms with Crippen molar-refractivity contribution in [2.75, 3.05) is 11.5 Å². The van der Waals surface area contributed by atoms with Gasteiger partial charge in [-0.15, -0.1) is 0 Å². The number of hydrogen-bond donors (Lipinski definition) is 2. The molecule has 0 amide bonds. The van der Waals surface area contributed by atoms with Crippen molar-refractivity contribution in [1.82, 2.24) is 0 Å². The molecule has 0 aromatic carbocycles.